The van der Waals surface area contributed by atoms with Gasteiger partial charge in [-0.15, -0.1) is 0 Å². The minimum absolute atomic E-state index is 0.0373. The highest BCUT2D eigenvalue weighted by Gasteiger charge is 2.26. The van der Waals surface area contributed by atoms with Crippen molar-refractivity contribution in [1.82, 2.24) is 14.9 Å². The Hall–Kier alpha value is -2.42. The molecule has 146 valence electrons. The summed E-state index contributed by atoms with van der Waals surface area (Å²) in [6, 6.07) is 13.7. The van der Waals surface area contributed by atoms with Gasteiger partial charge in [-0.1, -0.05) is 30.3 Å². The average molecular weight is 391 g/mol. The van der Waals surface area contributed by atoms with Crippen molar-refractivity contribution >= 4 is 15.9 Å². The van der Waals surface area contributed by atoms with Crippen LogP contribution in [0.2, 0.25) is 0 Å². The molecule has 0 saturated carbocycles. The topological polar surface area (TPSA) is 87.7 Å². The normalized spacial score (nSPS) is 11.4. The molecule has 0 atom stereocenters. The molecule has 0 heterocycles. The maximum atomic E-state index is 13.1. The lowest BCUT2D eigenvalue weighted by Crippen LogP contribution is -2.31. The number of methoxy groups -OCH3 is 1. The van der Waals surface area contributed by atoms with Gasteiger partial charge in [-0.25, -0.2) is 8.42 Å². The molecule has 7 nitrogen and oxygen atoms in total. The van der Waals surface area contributed by atoms with Crippen LogP contribution in [0.4, 0.5) is 0 Å². The van der Waals surface area contributed by atoms with Crippen LogP contribution in [0, 0.1) is 0 Å². The minimum atomic E-state index is -3.85. The summed E-state index contributed by atoms with van der Waals surface area (Å²) in [6.45, 7) is 1.27. The molecule has 0 aliphatic rings. The number of likely N-dealkylation sites (N-methyl/N-ethyl adjacent to an activating group) is 1. The smallest absolute Gasteiger partial charge is 0.251 e. The molecule has 8 heteroatoms. The second-order valence-corrected chi connectivity index (χ2v) is 7.99. The zero-order valence-corrected chi connectivity index (χ0v) is 16.5. The van der Waals surface area contributed by atoms with E-state index in [0.29, 0.717) is 13.1 Å². The number of amides is 1. The molecule has 0 saturated heterocycles. The molecule has 0 radical (unpaired) electrons. The molecule has 0 aromatic heterocycles. The molecule has 1 amide bonds. The second-order valence-electron chi connectivity index (χ2n) is 5.97. The minimum Gasteiger partial charge on any atom is -0.495 e. The predicted octanol–water partition coefficient (Wildman–Crippen LogP) is 1.47. The molecule has 27 heavy (non-hydrogen) atoms. The van der Waals surface area contributed by atoms with Gasteiger partial charge in [-0.2, -0.15) is 4.31 Å². The predicted molar refractivity (Wildman–Crippen MR) is 104 cm³/mol. The fraction of sp³-hybridized carbons (Fsp3) is 0.316. The number of sulfonamides is 1. The summed E-state index contributed by atoms with van der Waals surface area (Å²) in [7, 11) is 0.842. The van der Waals surface area contributed by atoms with Gasteiger partial charge >= 0.3 is 0 Å². The SMILES string of the molecule is CNCCNC(=O)c1ccc(OC)c(S(=O)(=O)N(C)Cc2ccccc2)c1. The Balaban J connectivity index is 2.30. The maximum absolute atomic E-state index is 13.1. The number of ether oxygens (including phenoxy) is 1. The number of nitrogens with zero attached hydrogens (tertiary/aromatic N) is 1. The maximum Gasteiger partial charge on any atom is 0.251 e. The van der Waals surface area contributed by atoms with Gasteiger partial charge in [0.2, 0.25) is 10.0 Å². The molecule has 2 aromatic rings. The standard InChI is InChI=1S/C19H25N3O4S/c1-20-11-12-21-19(23)16-9-10-17(26-3)18(13-16)27(24,25)22(2)14-15-7-5-4-6-8-15/h4-10,13,20H,11-12,14H2,1-3H3,(H,21,23). The summed E-state index contributed by atoms with van der Waals surface area (Å²) in [5.74, 6) is -0.142. The highest BCUT2D eigenvalue weighted by molar-refractivity contribution is 7.89. The molecule has 0 fully saturated rings. The summed E-state index contributed by atoms with van der Waals surface area (Å²) in [5.41, 5.74) is 1.13. The Morgan fingerprint density at radius 1 is 1.11 bits per heavy atom. The molecular formula is C19H25N3O4S. The van der Waals surface area contributed by atoms with E-state index in [1.54, 1.807) is 13.1 Å². The number of hydrogen-bond acceptors (Lipinski definition) is 5. The molecule has 0 spiro atoms. The summed E-state index contributed by atoms with van der Waals surface area (Å²) in [6.07, 6.45) is 0. The van der Waals surface area contributed by atoms with Crippen LogP contribution in [0.25, 0.3) is 0 Å². The molecule has 0 bridgehead atoms. The molecule has 0 unspecified atom stereocenters. The largest absolute Gasteiger partial charge is 0.495 e. The van der Waals surface area contributed by atoms with Crippen LogP contribution in [-0.2, 0) is 16.6 Å². The van der Waals surface area contributed by atoms with E-state index in [0.717, 1.165) is 5.56 Å². The zero-order chi connectivity index (χ0) is 19.9. The number of nitrogens with one attached hydrogen (secondary N) is 2. The number of hydrogen-bond donors (Lipinski definition) is 2. The van der Waals surface area contributed by atoms with E-state index < -0.39 is 10.0 Å². The molecule has 0 aliphatic carbocycles. The van der Waals surface area contributed by atoms with Gasteiger partial charge in [0, 0.05) is 32.2 Å². The van der Waals surface area contributed by atoms with Gasteiger partial charge in [0.15, 0.2) is 0 Å². The lowest BCUT2D eigenvalue weighted by molar-refractivity contribution is 0.0954. The van der Waals surface area contributed by atoms with Crippen molar-refractivity contribution in [3.8, 4) is 5.75 Å². The molecule has 2 rings (SSSR count). The second kappa shape index (κ2) is 9.50. The number of benzene rings is 2. The highest BCUT2D eigenvalue weighted by Crippen LogP contribution is 2.28. The summed E-state index contributed by atoms with van der Waals surface area (Å²) < 4.78 is 32.6. The van der Waals surface area contributed by atoms with E-state index >= 15 is 0 Å². The summed E-state index contributed by atoms with van der Waals surface area (Å²) >= 11 is 0. The average Bonchev–Trinajstić information content (AvgIpc) is 2.68. The van der Waals surface area contributed by atoms with Crippen molar-refractivity contribution in [3.63, 3.8) is 0 Å². The van der Waals surface area contributed by atoms with Crippen molar-refractivity contribution < 1.29 is 17.9 Å². The van der Waals surface area contributed by atoms with E-state index in [4.69, 9.17) is 4.74 Å². The van der Waals surface area contributed by atoms with Crippen molar-refractivity contribution in [3.05, 3.63) is 59.7 Å². The third-order valence-corrected chi connectivity index (χ3v) is 5.85. The molecular weight excluding hydrogens is 366 g/mol. The molecule has 2 N–H and O–H groups in total. The fourth-order valence-electron chi connectivity index (χ4n) is 2.52. The molecule has 2 aromatic carbocycles. The summed E-state index contributed by atoms with van der Waals surface area (Å²) in [4.78, 5) is 12.2. The Labute approximate surface area is 160 Å². The lowest BCUT2D eigenvalue weighted by Gasteiger charge is -2.19. The first-order chi connectivity index (χ1) is 12.9. The van der Waals surface area contributed by atoms with E-state index in [1.165, 1.54) is 30.6 Å². The first kappa shape index (κ1) is 20.9. The first-order valence-electron chi connectivity index (χ1n) is 8.51. The third kappa shape index (κ3) is 5.29. The van der Waals surface area contributed by atoms with Crippen LogP contribution in [0.3, 0.4) is 0 Å². The molecule has 0 aliphatic heterocycles. The first-order valence-corrected chi connectivity index (χ1v) is 9.95. The van der Waals surface area contributed by atoms with Crippen molar-refractivity contribution in [1.29, 1.82) is 0 Å². The quantitative estimate of drug-likeness (QED) is 0.632. The Bertz CT molecular complexity index is 870. The van der Waals surface area contributed by atoms with Crippen LogP contribution >= 0.6 is 0 Å². The Morgan fingerprint density at radius 3 is 2.44 bits per heavy atom. The Morgan fingerprint density at radius 2 is 1.81 bits per heavy atom. The number of carbonyl (C=O) groups is 1. The van der Waals surface area contributed by atoms with Crippen LogP contribution in [-0.4, -0.2) is 52.9 Å². The van der Waals surface area contributed by atoms with Crippen LogP contribution in [0.15, 0.2) is 53.4 Å². The van der Waals surface area contributed by atoms with Gasteiger partial charge in [-0.3, -0.25) is 4.79 Å². The van der Waals surface area contributed by atoms with Crippen molar-refractivity contribution in [2.24, 2.45) is 0 Å². The van der Waals surface area contributed by atoms with Gasteiger partial charge in [-0.05, 0) is 30.8 Å². The zero-order valence-electron chi connectivity index (χ0n) is 15.7. The van der Waals surface area contributed by atoms with E-state index in [-0.39, 0.29) is 28.7 Å². The monoisotopic (exact) mass is 391 g/mol. The fourth-order valence-corrected chi connectivity index (χ4v) is 3.85. The lowest BCUT2D eigenvalue weighted by atomic mass is 10.2. The van der Waals surface area contributed by atoms with Crippen LogP contribution in [0.5, 0.6) is 5.75 Å². The van der Waals surface area contributed by atoms with Crippen molar-refractivity contribution in [2.75, 3.05) is 34.3 Å². The Kier molecular flexibility index (Phi) is 7.35. The van der Waals surface area contributed by atoms with Crippen LogP contribution < -0.4 is 15.4 Å². The van der Waals surface area contributed by atoms with Gasteiger partial charge in [0.25, 0.3) is 5.91 Å². The third-order valence-electron chi connectivity index (χ3n) is 4.02. The summed E-state index contributed by atoms with van der Waals surface area (Å²) in [5, 5.41) is 5.66. The van der Waals surface area contributed by atoms with E-state index in [2.05, 4.69) is 10.6 Å². The van der Waals surface area contributed by atoms with Gasteiger partial charge in [0.1, 0.15) is 10.6 Å². The van der Waals surface area contributed by atoms with Crippen LogP contribution in [0.1, 0.15) is 15.9 Å². The number of rotatable bonds is 9. The van der Waals surface area contributed by atoms with Gasteiger partial charge in [0.05, 0.1) is 7.11 Å². The van der Waals surface area contributed by atoms with Gasteiger partial charge < -0.3 is 15.4 Å². The number of carbonyl (C=O) groups excluding carboxylic acids is 1. The van der Waals surface area contributed by atoms with Crippen molar-refractivity contribution in [2.45, 2.75) is 11.4 Å². The van der Waals surface area contributed by atoms with E-state index in [9.17, 15) is 13.2 Å². The highest BCUT2D eigenvalue weighted by atomic mass is 32.2. The van der Waals surface area contributed by atoms with E-state index in [1.807, 2.05) is 30.3 Å².